The second kappa shape index (κ2) is 6.74. The minimum atomic E-state index is -0.167. The summed E-state index contributed by atoms with van der Waals surface area (Å²) in [7, 11) is 2.01. The van der Waals surface area contributed by atoms with Gasteiger partial charge in [-0.25, -0.2) is 4.39 Å². The van der Waals surface area contributed by atoms with Crippen molar-refractivity contribution in [1.82, 2.24) is 5.32 Å². The zero-order valence-corrected chi connectivity index (χ0v) is 11.2. The van der Waals surface area contributed by atoms with Crippen LogP contribution in [0.1, 0.15) is 32.1 Å². The molecule has 0 radical (unpaired) electrons. The lowest BCUT2D eigenvalue weighted by molar-refractivity contribution is 0.376. The van der Waals surface area contributed by atoms with Crippen LogP contribution < -0.4 is 10.2 Å². The molecule has 0 heterocycles. The average Bonchev–Trinajstić information content (AvgIpc) is 2.40. The number of nitrogens with one attached hydrogen (secondary N) is 1. The maximum absolute atomic E-state index is 13.1. The predicted molar refractivity (Wildman–Crippen MR) is 74.5 cm³/mol. The van der Waals surface area contributed by atoms with Gasteiger partial charge in [0.1, 0.15) is 5.82 Å². The van der Waals surface area contributed by atoms with Gasteiger partial charge >= 0.3 is 0 Å². The number of hydrogen-bond acceptors (Lipinski definition) is 2. The van der Waals surface area contributed by atoms with Crippen molar-refractivity contribution in [3.05, 3.63) is 30.1 Å². The number of nitrogens with zero attached hydrogens (tertiary/aromatic N) is 1. The quantitative estimate of drug-likeness (QED) is 0.863. The molecule has 1 saturated carbocycles. The van der Waals surface area contributed by atoms with Gasteiger partial charge in [0, 0.05) is 31.9 Å². The molecule has 0 bridgehead atoms. The number of benzene rings is 1. The normalized spacial score (nSPS) is 16.8. The minimum absolute atomic E-state index is 0.167. The summed E-state index contributed by atoms with van der Waals surface area (Å²) in [4.78, 5) is 2.10. The predicted octanol–water partition coefficient (Wildman–Crippen LogP) is 3.18. The fourth-order valence-corrected chi connectivity index (χ4v) is 2.59. The first-order valence-corrected chi connectivity index (χ1v) is 6.96. The molecule has 0 unspecified atom stereocenters. The van der Waals surface area contributed by atoms with Crippen LogP contribution in [0.25, 0.3) is 0 Å². The van der Waals surface area contributed by atoms with E-state index in [1.807, 2.05) is 13.1 Å². The summed E-state index contributed by atoms with van der Waals surface area (Å²) in [5.41, 5.74) is 0.945. The Kier molecular flexibility index (Phi) is 5.00. The molecule has 2 rings (SSSR count). The van der Waals surface area contributed by atoms with E-state index in [2.05, 4.69) is 10.2 Å². The Morgan fingerprint density at radius 1 is 1.28 bits per heavy atom. The van der Waals surface area contributed by atoms with Gasteiger partial charge in [-0.3, -0.25) is 0 Å². The van der Waals surface area contributed by atoms with E-state index in [9.17, 15) is 4.39 Å². The van der Waals surface area contributed by atoms with Crippen LogP contribution in [-0.4, -0.2) is 26.2 Å². The summed E-state index contributed by atoms with van der Waals surface area (Å²) in [6, 6.07) is 7.47. The number of rotatable bonds is 5. The first-order valence-electron chi connectivity index (χ1n) is 6.96. The maximum atomic E-state index is 13.1. The van der Waals surface area contributed by atoms with Crippen LogP contribution in [0.3, 0.4) is 0 Å². The Morgan fingerprint density at radius 3 is 2.78 bits per heavy atom. The SMILES string of the molecule is CN(CCNC1CCCCC1)c1cccc(F)c1. The van der Waals surface area contributed by atoms with E-state index in [1.165, 1.54) is 38.2 Å². The molecule has 1 aliphatic rings. The van der Waals surface area contributed by atoms with Crippen LogP contribution in [0, 0.1) is 5.82 Å². The summed E-state index contributed by atoms with van der Waals surface area (Å²) in [6.07, 6.45) is 6.73. The van der Waals surface area contributed by atoms with Crippen molar-refractivity contribution in [2.24, 2.45) is 0 Å². The van der Waals surface area contributed by atoms with E-state index < -0.39 is 0 Å². The number of halogens is 1. The van der Waals surface area contributed by atoms with Crippen molar-refractivity contribution in [3.8, 4) is 0 Å². The zero-order valence-electron chi connectivity index (χ0n) is 11.2. The molecule has 1 aromatic rings. The highest BCUT2D eigenvalue weighted by Crippen LogP contribution is 2.17. The van der Waals surface area contributed by atoms with E-state index in [1.54, 1.807) is 12.1 Å². The van der Waals surface area contributed by atoms with Crippen LogP contribution in [-0.2, 0) is 0 Å². The topological polar surface area (TPSA) is 15.3 Å². The summed E-state index contributed by atoms with van der Waals surface area (Å²) >= 11 is 0. The van der Waals surface area contributed by atoms with Gasteiger partial charge in [0.2, 0.25) is 0 Å². The van der Waals surface area contributed by atoms with Crippen LogP contribution >= 0.6 is 0 Å². The molecule has 0 atom stereocenters. The lowest BCUT2D eigenvalue weighted by Crippen LogP contribution is -2.37. The highest BCUT2D eigenvalue weighted by molar-refractivity contribution is 5.45. The van der Waals surface area contributed by atoms with Gasteiger partial charge in [0.15, 0.2) is 0 Å². The summed E-state index contributed by atoms with van der Waals surface area (Å²) in [5, 5.41) is 3.60. The molecule has 0 saturated heterocycles. The molecule has 100 valence electrons. The standard InChI is InChI=1S/C15H23FN2/c1-18(15-9-5-6-13(16)12-15)11-10-17-14-7-3-2-4-8-14/h5-6,9,12,14,17H,2-4,7-8,10-11H2,1H3. The number of hydrogen-bond donors (Lipinski definition) is 1. The monoisotopic (exact) mass is 250 g/mol. The third-order valence-electron chi connectivity index (χ3n) is 3.73. The van der Waals surface area contributed by atoms with E-state index in [4.69, 9.17) is 0 Å². The molecule has 0 amide bonds. The fraction of sp³-hybridized carbons (Fsp3) is 0.600. The van der Waals surface area contributed by atoms with E-state index in [0.717, 1.165) is 18.8 Å². The van der Waals surface area contributed by atoms with Gasteiger partial charge in [-0.05, 0) is 31.0 Å². The molecule has 1 N–H and O–H groups in total. The third kappa shape index (κ3) is 3.98. The van der Waals surface area contributed by atoms with Gasteiger partial charge in [-0.15, -0.1) is 0 Å². The minimum Gasteiger partial charge on any atom is -0.373 e. The lowest BCUT2D eigenvalue weighted by atomic mass is 9.95. The summed E-state index contributed by atoms with van der Waals surface area (Å²) < 4.78 is 13.1. The van der Waals surface area contributed by atoms with Crippen molar-refractivity contribution >= 4 is 5.69 Å². The molecule has 1 aliphatic carbocycles. The molecule has 1 fully saturated rings. The zero-order chi connectivity index (χ0) is 12.8. The smallest absolute Gasteiger partial charge is 0.125 e. The average molecular weight is 250 g/mol. The second-order valence-corrected chi connectivity index (χ2v) is 5.19. The molecule has 18 heavy (non-hydrogen) atoms. The Morgan fingerprint density at radius 2 is 2.06 bits per heavy atom. The second-order valence-electron chi connectivity index (χ2n) is 5.19. The molecule has 0 aromatic heterocycles. The van der Waals surface area contributed by atoms with Crippen molar-refractivity contribution in [3.63, 3.8) is 0 Å². The summed E-state index contributed by atoms with van der Waals surface area (Å²) in [5.74, 6) is -0.167. The Bertz CT molecular complexity index is 361. The first-order chi connectivity index (χ1) is 8.75. The van der Waals surface area contributed by atoms with Crippen molar-refractivity contribution in [1.29, 1.82) is 0 Å². The maximum Gasteiger partial charge on any atom is 0.125 e. The molecular weight excluding hydrogens is 227 g/mol. The van der Waals surface area contributed by atoms with Crippen LogP contribution in [0.5, 0.6) is 0 Å². The van der Waals surface area contributed by atoms with Gasteiger partial charge in [-0.1, -0.05) is 25.3 Å². The number of anilines is 1. The van der Waals surface area contributed by atoms with Gasteiger partial charge < -0.3 is 10.2 Å². The van der Waals surface area contributed by atoms with Crippen molar-refractivity contribution < 1.29 is 4.39 Å². The largest absolute Gasteiger partial charge is 0.373 e. The Hall–Kier alpha value is -1.09. The van der Waals surface area contributed by atoms with Gasteiger partial charge in [-0.2, -0.15) is 0 Å². The molecule has 3 heteroatoms. The lowest BCUT2D eigenvalue weighted by Gasteiger charge is -2.25. The molecular formula is C15H23FN2. The van der Waals surface area contributed by atoms with Crippen LogP contribution in [0.2, 0.25) is 0 Å². The van der Waals surface area contributed by atoms with E-state index in [0.29, 0.717) is 6.04 Å². The fourth-order valence-electron chi connectivity index (χ4n) is 2.59. The molecule has 2 nitrogen and oxygen atoms in total. The first kappa shape index (κ1) is 13.3. The summed E-state index contributed by atoms with van der Waals surface area (Å²) in [6.45, 7) is 1.89. The third-order valence-corrected chi connectivity index (χ3v) is 3.73. The highest BCUT2D eigenvalue weighted by Gasteiger charge is 2.12. The van der Waals surface area contributed by atoms with Crippen molar-refractivity contribution in [2.75, 3.05) is 25.0 Å². The van der Waals surface area contributed by atoms with Gasteiger partial charge in [0.05, 0.1) is 0 Å². The molecule has 0 aliphatic heterocycles. The molecule has 1 aromatic carbocycles. The highest BCUT2D eigenvalue weighted by atomic mass is 19.1. The van der Waals surface area contributed by atoms with Crippen LogP contribution in [0.15, 0.2) is 24.3 Å². The number of likely N-dealkylation sites (N-methyl/N-ethyl adjacent to an activating group) is 1. The van der Waals surface area contributed by atoms with Crippen LogP contribution in [0.4, 0.5) is 10.1 Å². The Balaban J connectivity index is 1.72. The van der Waals surface area contributed by atoms with E-state index in [-0.39, 0.29) is 5.82 Å². The van der Waals surface area contributed by atoms with Gasteiger partial charge in [0.25, 0.3) is 0 Å². The Labute approximate surface area is 109 Å². The van der Waals surface area contributed by atoms with E-state index >= 15 is 0 Å². The molecule has 0 spiro atoms. The van der Waals surface area contributed by atoms with Crippen molar-refractivity contribution in [2.45, 2.75) is 38.1 Å².